The number of carbonyl (C=O) groups excluding carboxylic acids is 1. The Morgan fingerprint density at radius 3 is 2.42 bits per heavy atom. The normalized spacial score (nSPS) is 10.6. The maximum atomic E-state index is 11.4. The van der Waals surface area contributed by atoms with E-state index in [1.807, 2.05) is 55.5 Å². The molecule has 0 spiro atoms. The van der Waals surface area contributed by atoms with Gasteiger partial charge in [0, 0.05) is 30.2 Å². The first kappa shape index (κ1) is 18.0. The van der Waals surface area contributed by atoms with Crippen LogP contribution in [0.5, 0.6) is 5.75 Å². The zero-order valence-corrected chi connectivity index (χ0v) is 15.6. The number of ether oxygens (including phenoxy) is 1. The third-order valence-corrected chi connectivity index (χ3v) is 4.26. The van der Waals surface area contributed by atoms with Gasteiger partial charge in [-0.1, -0.05) is 11.6 Å². The second kappa shape index (κ2) is 7.62. The van der Waals surface area contributed by atoms with Crippen LogP contribution in [0, 0.1) is 6.92 Å². The Morgan fingerprint density at radius 2 is 1.81 bits per heavy atom. The van der Waals surface area contributed by atoms with E-state index in [-0.39, 0.29) is 12.5 Å². The minimum atomic E-state index is -0.0244. The van der Waals surface area contributed by atoms with E-state index in [0.29, 0.717) is 22.4 Å². The van der Waals surface area contributed by atoms with Gasteiger partial charge < -0.3 is 14.1 Å². The van der Waals surface area contributed by atoms with Crippen LogP contribution in [0.2, 0.25) is 5.02 Å². The lowest BCUT2D eigenvalue weighted by atomic mass is 10.1. The molecule has 0 saturated carbocycles. The zero-order valence-electron chi connectivity index (χ0n) is 14.8. The van der Waals surface area contributed by atoms with Crippen LogP contribution < -0.4 is 9.64 Å². The first-order chi connectivity index (χ1) is 12.4. The Morgan fingerprint density at radius 1 is 1.15 bits per heavy atom. The number of oxazole rings is 1. The molecule has 0 saturated heterocycles. The molecular weight excluding hydrogens is 352 g/mol. The molecule has 1 heterocycles. The summed E-state index contributed by atoms with van der Waals surface area (Å²) in [5, 5.41) is 0.674. The van der Waals surface area contributed by atoms with E-state index in [1.165, 1.54) is 6.92 Å². The molecule has 0 aliphatic heterocycles. The molecule has 2 aromatic carbocycles. The van der Waals surface area contributed by atoms with Crippen LogP contribution in [-0.2, 0) is 11.4 Å². The predicted octanol–water partition coefficient (Wildman–Crippen LogP) is 4.87. The molecule has 3 aromatic rings. The van der Waals surface area contributed by atoms with Crippen molar-refractivity contribution in [3.63, 3.8) is 0 Å². The summed E-state index contributed by atoms with van der Waals surface area (Å²) in [6.07, 6.45) is 0. The maximum Gasteiger partial charge on any atom is 0.233 e. The van der Waals surface area contributed by atoms with Gasteiger partial charge in [-0.2, -0.15) is 0 Å². The van der Waals surface area contributed by atoms with E-state index >= 15 is 0 Å². The van der Waals surface area contributed by atoms with E-state index in [4.69, 9.17) is 20.8 Å². The number of hydrogen-bond acceptors (Lipinski definition) is 4. The van der Waals surface area contributed by atoms with Crippen molar-refractivity contribution in [3.05, 3.63) is 65.1 Å². The lowest BCUT2D eigenvalue weighted by Crippen LogP contribution is -2.22. The maximum absolute atomic E-state index is 11.4. The number of benzene rings is 2. The molecular formula is C20H19ClN2O3. The molecule has 5 nitrogen and oxygen atoms in total. The molecule has 0 bridgehead atoms. The number of aromatic nitrogens is 1. The van der Waals surface area contributed by atoms with Crippen LogP contribution in [0.15, 0.2) is 52.9 Å². The Bertz CT molecular complexity index is 902. The molecule has 0 aliphatic rings. The molecule has 0 N–H and O–H groups in total. The number of rotatable bonds is 5. The summed E-state index contributed by atoms with van der Waals surface area (Å²) in [7, 11) is 1.73. The summed E-state index contributed by atoms with van der Waals surface area (Å²) in [6, 6.07) is 14.7. The molecule has 6 heteroatoms. The minimum Gasteiger partial charge on any atom is -0.484 e. The van der Waals surface area contributed by atoms with E-state index in [9.17, 15) is 4.79 Å². The van der Waals surface area contributed by atoms with Crippen molar-refractivity contribution in [1.29, 1.82) is 0 Å². The van der Waals surface area contributed by atoms with Crippen LogP contribution in [0.1, 0.15) is 18.5 Å². The van der Waals surface area contributed by atoms with E-state index in [2.05, 4.69) is 4.98 Å². The van der Waals surface area contributed by atoms with Crippen LogP contribution in [-0.4, -0.2) is 17.9 Å². The summed E-state index contributed by atoms with van der Waals surface area (Å²) >= 11 is 5.92. The second-order valence-electron chi connectivity index (χ2n) is 5.89. The lowest BCUT2D eigenvalue weighted by molar-refractivity contribution is -0.116. The summed E-state index contributed by atoms with van der Waals surface area (Å²) in [4.78, 5) is 17.4. The molecule has 3 rings (SSSR count). The third kappa shape index (κ3) is 4.06. The quantitative estimate of drug-likeness (QED) is 0.643. The number of aryl methyl sites for hydroxylation is 1. The van der Waals surface area contributed by atoms with Crippen LogP contribution >= 0.6 is 11.6 Å². The van der Waals surface area contributed by atoms with Gasteiger partial charge in [-0.15, -0.1) is 0 Å². The molecule has 134 valence electrons. The fourth-order valence-electron chi connectivity index (χ4n) is 2.48. The van der Waals surface area contributed by atoms with Gasteiger partial charge in [-0.3, -0.25) is 4.79 Å². The molecule has 0 unspecified atom stereocenters. The number of halogens is 1. The monoisotopic (exact) mass is 370 g/mol. The van der Waals surface area contributed by atoms with Crippen molar-refractivity contribution >= 4 is 23.2 Å². The number of carbonyl (C=O) groups is 1. The third-order valence-electron chi connectivity index (χ3n) is 4.01. The number of nitrogens with zero attached hydrogens (tertiary/aromatic N) is 2. The van der Waals surface area contributed by atoms with Gasteiger partial charge in [-0.25, -0.2) is 4.98 Å². The SMILES string of the molecule is CC(=O)N(C)c1ccc(OCc2nc(C)c(-c3ccc(Cl)cc3)o2)cc1. The van der Waals surface area contributed by atoms with Gasteiger partial charge >= 0.3 is 0 Å². The first-order valence-electron chi connectivity index (χ1n) is 8.13. The predicted molar refractivity (Wildman–Crippen MR) is 102 cm³/mol. The molecule has 0 aliphatic carbocycles. The summed E-state index contributed by atoms with van der Waals surface area (Å²) < 4.78 is 11.6. The molecule has 0 radical (unpaired) electrons. The van der Waals surface area contributed by atoms with E-state index < -0.39 is 0 Å². The fourth-order valence-corrected chi connectivity index (χ4v) is 2.60. The van der Waals surface area contributed by atoms with Gasteiger partial charge in [0.2, 0.25) is 11.8 Å². The Kier molecular flexibility index (Phi) is 5.28. The van der Waals surface area contributed by atoms with E-state index in [0.717, 1.165) is 16.9 Å². The molecule has 26 heavy (non-hydrogen) atoms. The average molecular weight is 371 g/mol. The van der Waals surface area contributed by atoms with Gasteiger partial charge in [0.1, 0.15) is 5.75 Å². The topological polar surface area (TPSA) is 55.6 Å². The summed E-state index contributed by atoms with van der Waals surface area (Å²) in [5.74, 6) is 1.86. The highest BCUT2D eigenvalue weighted by Crippen LogP contribution is 2.26. The molecule has 1 aromatic heterocycles. The van der Waals surface area contributed by atoms with Gasteiger partial charge in [-0.05, 0) is 55.5 Å². The molecule has 0 fully saturated rings. The second-order valence-corrected chi connectivity index (χ2v) is 6.33. The molecule has 1 amide bonds. The number of amides is 1. The van der Waals surface area contributed by atoms with Crippen LogP contribution in [0.4, 0.5) is 5.69 Å². The van der Waals surface area contributed by atoms with Crippen molar-refractivity contribution in [2.45, 2.75) is 20.5 Å². The Labute approximate surface area is 157 Å². The van der Waals surface area contributed by atoms with Gasteiger partial charge in [0.15, 0.2) is 12.4 Å². The van der Waals surface area contributed by atoms with Crippen molar-refractivity contribution < 1.29 is 13.9 Å². The number of hydrogen-bond donors (Lipinski definition) is 0. The highest BCUT2D eigenvalue weighted by Gasteiger charge is 2.12. The summed E-state index contributed by atoms with van der Waals surface area (Å²) in [5.41, 5.74) is 2.52. The van der Waals surface area contributed by atoms with Crippen LogP contribution in [0.3, 0.4) is 0 Å². The standard InChI is InChI=1S/C20H19ClN2O3/c1-13-20(15-4-6-16(21)7-5-15)26-19(22-13)12-25-18-10-8-17(9-11-18)23(3)14(2)24/h4-11H,12H2,1-3H3. The zero-order chi connectivity index (χ0) is 18.7. The van der Waals surface area contributed by atoms with Crippen molar-refractivity contribution in [2.24, 2.45) is 0 Å². The highest BCUT2D eigenvalue weighted by molar-refractivity contribution is 6.30. The largest absolute Gasteiger partial charge is 0.484 e. The molecule has 0 atom stereocenters. The lowest BCUT2D eigenvalue weighted by Gasteiger charge is -2.15. The average Bonchev–Trinajstić information content (AvgIpc) is 3.01. The Hall–Kier alpha value is -2.79. The van der Waals surface area contributed by atoms with Crippen LogP contribution in [0.25, 0.3) is 11.3 Å². The first-order valence-corrected chi connectivity index (χ1v) is 8.51. The highest BCUT2D eigenvalue weighted by atomic mass is 35.5. The minimum absolute atomic E-state index is 0.0244. The van der Waals surface area contributed by atoms with Crippen molar-refractivity contribution in [2.75, 3.05) is 11.9 Å². The number of anilines is 1. The van der Waals surface area contributed by atoms with Gasteiger partial charge in [0.25, 0.3) is 0 Å². The van der Waals surface area contributed by atoms with E-state index in [1.54, 1.807) is 11.9 Å². The van der Waals surface area contributed by atoms with Gasteiger partial charge in [0.05, 0.1) is 5.69 Å². The van der Waals surface area contributed by atoms with Crippen molar-refractivity contribution in [3.8, 4) is 17.1 Å². The fraction of sp³-hybridized carbons (Fsp3) is 0.200. The Balaban J connectivity index is 1.68. The summed E-state index contributed by atoms with van der Waals surface area (Å²) in [6.45, 7) is 3.63. The smallest absolute Gasteiger partial charge is 0.233 e. The van der Waals surface area contributed by atoms with Crippen molar-refractivity contribution in [1.82, 2.24) is 4.98 Å².